The number of rotatable bonds is 3. The summed E-state index contributed by atoms with van der Waals surface area (Å²) >= 11 is 0. The van der Waals surface area contributed by atoms with Crippen molar-refractivity contribution in [2.24, 2.45) is 0 Å². The van der Waals surface area contributed by atoms with E-state index in [1.807, 2.05) is 0 Å². The fraction of sp³-hybridized carbons (Fsp3) is 0.400. The minimum Gasteiger partial charge on any atom is -1.00 e. The zero-order chi connectivity index (χ0) is 9.07. The Morgan fingerprint density at radius 2 is 2.17 bits per heavy atom. The summed E-state index contributed by atoms with van der Waals surface area (Å²) in [5.74, 6) is -0.893. The summed E-state index contributed by atoms with van der Waals surface area (Å²) in [7, 11) is -4.30. The molecule has 0 amide bonds. The Morgan fingerprint density at radius 3 is 2.42 bits per heavy atom. The van der Waals surface area contributed by atoms with Gasteiger partial charge < -0.3 is 6.16 Å². The molecule has 12 heavy (non-hydrogen) atoms. The summed E-state index contributed by atoms with van der Waals surface area (Å²) in [6.45, 7) is 4.08. The predicted molar refractivity (Wildman–Crippen MR) is 38.4 cm³/mol. The quantitative estimate of drug-likeness (QED) is 0.238. The van der Waals surface area contributed by atoms with Gasteiger partial charge in [-0.3, -0.25) is 4.55 Å². The maximum atomic E-state index is 10.4. The normalized spacial score (nSPS) is 12.5. The van der Waals surface area contributed by atoms with Crippen molar-refractivity contribution >= 4 is 16.1 Å². The summed E-state index contributed by atoms with van der Waals surface area (Å²) in [6.07, 6.45) is 0.807. The number of ether oxygens (including phenoxy) is 1. The third kappa shape index (κ3) is 6.29. The van der Waals surface area contributed by atoms with Crippen LogP contribution in [0.1, 0.15) is 8.35 Å². The molecule has 0 aliphatic carbocycles. The van der Waals surface area contributed by atoms with E-state index in [-0.39, 0.29) is 52.8 Å². The molecule has 0 aliphatic heterocycles. The Balaban J connectivity index is -0.000000500. The van der Waals surface area contributed by atoms with Gasteiger partial charge in [-0.25, -0.2) is 4.79 Å². The minimum atomic E-state index is -4.30. The van der Waals surface area contributed by atoms with Crippen molar-refractivity contribution in [1.82, 2.24) is 0 Å². The molecular formula is C5H9KO5S. The molecule has 1 atom stereocenters. The van der Waals surface area contributed by atoms with Gasteiger partial charge in [0, 0.05) is 6.08 Å². The van der Waals surface area contributed by atoms with Gasteiger partial charge in [0.25, 0.3) is 0 Å². The van der Waals surface area contributed by atoms with Crippen LogP contribution in [-0.2, 0) is 19.6 Å². The molecule has 0 aromatic carbocycles. The fourth-order valence-corrected chi connectivity index (χ4v) is 0.489. The zero-order valence-electron chi connectivity index (χ0n) is 7.85. The van der Waals surface area contributed by atoms with Gasteiger partial charge >= 0.3 is 67.5 Å². The number of hydrogen-bond acceptors (Lipinski definition) is 4. The van der Waals surface area contributed by atoms with Gasteiger partial charge in [-0.1, -0.05) is 6.58 Å². The third-order valence-electron chi connectivity index (χ3n) is 0.868. The molecule has 1 N–H and O–H groups in total. The van der Waals surface area contributed by atoms with Gasteiger partial charge in [0.15, 0.2) is 0 Å². The Hall–Kier alpha value is 0.756. The smallest absolute Gasteiger partial charge is 1.00 e. The summed E-state index contributed by atoms with van der Waals surface area (Å²) < 4.78 is 32.9. The van der Waals surface area contributed by atoms with Crippen LogP contribution in [0.15, 0.2) is 12.7 Å². The molecule has 0 aromatic heterocycles. The van der Waals surface area contributed by atoms with Crippen molar-refractivity contribution in [2.75, 3.05) is 0 Å². The molecule has 0 spiro atoms. The van der Waals surface area contributed by atoms with Crippen molar-refractivity contribution in [3.8, 4) is 0 Å². The second-order valence-corrected chi connectivity index (χ2v) is 3.42. The molecule has 7 heteroatoms. The van der Waals surface area contributed by atoms with Crippen LogP contribution in [0.5, 0.6) is 0 Å². The molecule has 0 heterocycles. The standard InChI is InChI=1S/C5H8O5S.K.H/c1-3-5(6)10-4(2)11(7,8)9;;/h3-4H,1H2,2H3,(H,7,8,9);;/q;+1;-1. The van der Waals surface area contributed by atoms with E-state index >= 15 is 0 Å². The zero-order valence-corrected chi connectivity index (χ0v) is 10.8. The van der Waals surface area contributed by atoms with Crippen LogP contribution >= 0.6 is 0 Å². The predicted octanol–water partition coefficient (Wildman–Crippen LogP) is -2.93. The van der Waals surface area contributed by atoms with Gasteiger partial charge in [-0.2, -0.15) is 8.42 Å². The van der Waals surface area contributed by atoms with Crippen LogP contribution in [-0.4, -0.2) is 24.4 Å². The molecule has 1 unspecified atom stereocenters. The second-order valence-electron chi connectivity index (χ2n) is 1.72. The fourth-order valence-electron chi connectivity index (χ4n) is 0.272. The number of esters is 1. The Morgan fingerprint density at radius 1 is 1.75 bits per heavy atom. The molecule has 0 rings (SSSR count). The molecule has 0 fully saturated rings. The van der Waals surface area contributed by atoms with Crippen LogP contribution in [0.4, 0.5) is 0 Å². The molecule has 5 nitrogen and oxygen atoms in total. The first-order valence-electron chi connectivity index (χ1n) is 2.67. The van der Waals surface area contributed by atoms with Crippen molar-refractivity contribution in [2.45, 2.75) is 12.4 Å². The van der Waals surface area contributed by atoms with Crippen molar-refractivity contribution in [3.63, 3.8) is 0 Å². The van der Waals surface area contributed by atoms with Crippen LogP contribution < -0.4 is 51.4 Å². The van der Waals surface area contributed by atoms with E-state index in [0.717, 1.165) is 13.0 Å². The SMILES string of the molecule is C=CC(=O)OC(C)S(=O)(=O)O.[H-].[K+]. The van der Waals surface area contributed by atoms with E-state index in [1.165, 1.54) is 0 Å². The minimum absolute atomic E-state index is 0. The first-order chi connectivity index (χ1) is 4.88. The largest absolute Gasteiger partial charge is 1.00 e. The van der Waals surface area contributed by atoms with Gasteiger partial charge in [0.2, 0.25) is 5.44 Å². The van der Waals surface area contributed by atoms with Crippen molar-refractivity contribution in [1.29, 1.82) is 0 Å². The van der Waals surface area contributed by atoms with Crippen LogP contribution in [0, 0.1) is 0 Å². The summed E-state index contributed by atoms with van der Waals surface area (Å²) in [4.78, 5) is 10.4. The van der Waals surface area contributed by atoms with E-state index < -0.39 is 21.5 Å². The molecule has 0 aromatic rings. The Bertz CT molecular complexity index is 262. The van der Waals surface area contributed by atoms with E-state index in [2.05, 4.69) is 11.3 Å². The number of hydrogen-bond donors (Lipinski definition) is 1. The topological polar surface area (TPSA) is 80.7 Å². The van der Waals surface area contributed by atoms with Gasteiger partial charge in [-0.15, -0.1) is 0 Å². The van der Waals surface area contributed by atoms with Crippen LogP contribution in [0.25, 0.3) is 0 Å². The van der Waals surface area contributed by atoms with E-state index in [9.17, 15) is 13.2 Å². The van der Waals surface area contributed by atoms with Crippen LogP contribution in [0.2, 0.25) is 0 Å². The first-order valence-corrected chi connectivity index (χ1v) is 4.17. The summed E-state index contributed by atoms with van der Waals surface area (Å²) in [5, 5.41) is 0. The molecule has 0 bridgehead atoms. The molecule has 0 radical (unpaired) electrons. The summed E-state index contributed by atoms with van der Waals surface area (Å²) in [5.41, 5.74) is -1.55. The van der Waals surface area contributed by atoms with Crippen molar-refractivity contribution in [3.05, 3.63) is 12.7 Å². The molecule has 66 valence electrons. The van der Waals surface area contributed by atoms with E-state index in [4.69, 9.17) is 4.55 Å². The molecular weight excluding hydrogens is 211 g/mol. The van der Waals surface area contributed by atoms with E-state index in [1.54, 1.807) is 0 Å². The number of carbonyl (C=O) groups excluding carboxylic acids is 1. The summed E-state index contributed by atoms with van der Waals surface area (Å²) in [6, 6.07) is 0. The molecule has 0 saturated heterocycles. The maximum absolute atomic E-state index is 10.4. The van der Waals surface area contributed by atoms with Crippen molar-refractivity contribution < 1.29 is 75.3 Å². The van der Waals surface area contributed by atoms with Gasteiger partial charge in [-0.05, 0) is 6.92 Å². The average Bonchev–Trinajstić information content (AvgIpc) is 1.85. The Labute approximate surface area is 115 Å². The average molecular weight is 220 g/mol. The maximum Gasteiger partial charge on any atom is 1.00 e. The first kappa shape index (κ1) is 15.2. The second kappa shape index (κ2) is 6.25. The van der Waals surface area contributed by atoms with Gasteiger partial charge in [0.1, 0.15) is 0 Å². The molecule has 0 aliphatic rings. The monoisotopic (exact) mass is 220 g/mol. The van der Waals surface area contributed by atoms with Gasteiger partial charge in [0.05, 0.1) is 0 Å². The molecule has 0 saturated carbocycles. The Kier molecular flexibility index (Phi) is 7.93. The van der Waals surface area contributed by atoms with E-state index in [0.29, 0.717) is 0 Å². The van der Waals surface area contributed by atoms with Crippen LogP contribution in [0.3, 0.4) is 0 Å². The number of carbonyl (C=O) groups is 1. The third-order valence-corrected chi connectivity index (χ3v) is 1.80.